The highest BCUT2D eigenvalue weighted by atomic mass is 16.4. The van der Waals surface area contributed by atoms with Crippen molar-refractivity contribution in [3.8, 4) is 0 Å². The van der Waals surface area contributed by atoms with Gasteiger partial charge in [-0.3, -0.25) is 4.79 Å². The molecule has 0 aliphatic heterocycles. The van der Waals surface area contributed by atoms with E-state index in [0.29, 0.717) is 30.5 Å². The van der Waals surface area contributed by atoms with Gasteiger partial charge in [-0.15, -0.1) is 0 Å². The Morgan fingerprint density at radius 2 is 1.78 bits per heavy atom. The van der Waals surface area contributed by atoms with Gasteiger partial charge >= 0.3 is 5.97 Å². The highest BCUT2D eigenvalue weighted by Gasteiger charge is 2.22. The molecule has 0 unspecified atom stereocenters. The van der Waals surface area contributed by atoms with Crippen LogP contribution in [-0.4, -0.2) is 23.5 Å². The van der Waals surface area contributed by atoms with Gasteiger partial charge in [-0.1, -0.05) is 19.8 Å². The van der Waals surface area contributed by atoms with Gasteiger partial charge in [0, 0.05) is 17.7 Å². The van der Waals surface area contributed by atoms with Gasteiger partial charge in [-0.2, -0.15) is 0 Å². The van der Waals surface area contributed by atoms with Crippen LogP contribution in [0.25, 0.3) is 0 Å². The SMILES string of the molecule is CCCCCNC(=O)C1=C(C(=O)O)CCCC1.N. The lowest BCUT2D eigenvalue weighted by Crippen LogP contribution is -2.29. The zero-order chi connectivity index (χ0) is 12.7. The van der Waals surface area contributed by atoms with Crippen molar-refractivity contribution in [3.63, 3.8) is 0 Å². The van der Waals surface area contributed by atoms with Crippen LogP contribution in [0.5, 0.6) is 0 Å². The quantitative estimate of drug-likeness (QED) is 0.635. The van der Waals surface area contributed by atoms with Crippen molar-refractivity contribution < 1.29 is 14.7 Å². The Hall–Kier alpha value is -1.36. The van der Waals surface area contributed by atoms with Gasteiger partial charge in [0.05, 0.1) is 0 Å². The largest absolute Gasteiger partial charge is 0.478 e. The molecule has 0 atom stereocenters. The second-order valence-electron chi connectivity index (χ2n) is 4.43. The van der Waals surface area contributed by atoms with E-state index < -0.39 is 5.97 Å². The number of nitrogens with one attached hydrogen (secondary N) is 1. The maximum atomic E-state index is 11.8. The fraction of sp³-hybridized carbons (Fsp3) is 0.692. The van der Waals surface area contributed by atoms with Crippen LogP contribution in [0.3, 0.4) is 0 Å². The number of hydrogen-bond donors (Lipinski definition) is 3. The fourth-order valence-electron chi connectivity index (χ4n) is 2.08. The standard InChI is InChI=1S/C13H21NO3.H3N/c1-2-3-6-9-14-12(15)10-7-4-5-8-11(10)13(16)17;/h2-9H2,1H3,(H,14,15)(H,16,17);1H3. The summed E-state index contributed by atoms with van der Waals surface area (Å²) in [6.45, 7) is 2.75. The van der Waals surface area contributed by atoms with Crippen LogP contribution in [0.4, 0.5) is 0 Å². The van der Waals surface area contributed by atoms with Crippen LogP contribution in [0.2, 0.25) is 0 Å². The molecular weight excluding hydrogens is 232 g/mol. The predicted octanol–water partition coefficient (Wildman–Crippen LogP) is 2.41. The van der Waals surface area contributed by atoms with E-state index in [9.17, 15) is 9.59 Å². The summed E-state index contributed by atoms with van der Waals surface area (Å²) in [5.74, 6) is -1.12. The summed E-state index contributed by atoms with van der Waals surface area (Å²) >= 11 is 0. The second-order valence-corrected chi connectivity index (χ2v) is 4.43. The van der Waals surface area contributed by atoms with E-state index in [1.807, 2.05) is 0 Å². The van der Waals surface area contributed by atoms with Gasteiger partial charge < -0.3 is 16.6 Å². The third kappa shape index (κ3) is 4.87. The van der Waals surface area contributed by atoms with Crippen LogP contribution in [0, 0.1) is 0 Å². The van der Waals surface area contributed by atoms with Crippen LogP contribution >= 0.6 is 0 Å². The monoisotopic (exact) mass is 256 g/mol. The first-order valence-corrected chi connectivity index (χ1v) is 6.40. The Labute approximate surface area is 108 Å². The van der Waals surface area contributed by atoms with Gasteiger partial charge in [-0.05, 0) is 32.1 Å². The summed E-state index contributed by atoms with van der Waals surface area (Å²) in [5.41, 5.74) is 0.796. The highest BCUT2D eigenvalue weighted by molar-refractivity contribution is 6.02. The molecule has 1 aliphatic rings. The van der Waals surface area contributed by atoms with E-state index in [1.54, 1.807) is 0 Å². The third-order valence-corrected chi connectivity index (χ3v) is 3.07. The topological polar surface area (TPSA) is 101 Å². The molecule has 0 saturated heterocycles. The Balaban J connectivity index is 0.00000289. The minimum atomic E-state index is -0.941. The second kappa shape index (κ2) is 8.69. The molecule has 5 N–H and O–H groups in total. The molecule has 5 heteroatoms. The number of carboxylic acids is 1. The average Bonchev–Trinajstić information content (AvgIpc) is 2.34. The molecule has 1 aliphatic carbocycles. The zero-order valence-electron chi connectivity index (χ0n) is 11.1. The van der Waals surface area contributed by atoms with E-state index in [2.05, 4.69) is 12.2 Å². The lowest BCUT2D eigenvalue weighted by molar-refractivity contribution is -0.133. The number of rotatable bonds is 6. The molecule has 0 aromatic heterocycles. The molecular formula is C13H24N2O3. The molecule has 0 radical (unpaired) electrons. The van der Waals surface area contributed by atoms with Crippen LogP contribution in [-0.2, 0) is 9.59 Å². The number of hydrogen-bond acceptors (Lipinski definition) is 3. The third-order valence-electron chi connectivity index (χ3n) is 3.07. The maximum Gasteiger partial charge on any atom is 0.332 e. The van der Waals surface area contributed by atoms with Crippen LogP contribution in [0.15, 0.2) is 11.1 Å². The predicted molar refractivity (Wildman–Crippen MR) is 70.7 cm³/mol. The van der Waals surface area contributed by atoms with Crippen molar-refractivity contribution in [2.24, 2.45) is 0 Å². The summed E-state index contributed by atoms with van der Waals surface area (Å²) in [6.07, 6.45) is 6.05. The van der Waals surface area contributed by atoms with Gasteiger partial charge in [0.1, 0.15) is 0 Å². The average molecular weight is 256 g/mol. The number of carbonyl (C=O) groups is 2. The van der Waals surface area contributed by atoms with Crippen molar-refractivity contribution in [2.45, 2.75) is 51.9 Å². The number of unbranched alkanes of at least 4 members (excludes halogenated alkanes) is 2. The summed E-state index contributed by atoms with van der Waals surface area (Å²) in [6, 6.07) is 0. The van der Waals surface area contributed by atoms with Gasteiger partial charge in [0.15, 0.2) is 0 Å². The Bertz CT molecular complexity index is 324. The molecule has 5 nitrogen and oxygen atoms in total. The molecule has 1 rings (SSSR count). The first-order valence-electron chi connectivity index (χ1n) is 6.40. The van der Waals surface area contributed by atoms with Crippen molar-refractivity contribution in [1.29, 1.82) is 0 Å². The van der Waals surface area contributed by atoms with Crippen molar-refractivity contribution in [2.75, 3.05) is 6.54 Å². The smallest absolute Gasteiger partial charge is 0.332 e. The lowest BCUT2D eigenvalue weighted by atomic mass is 9.91. The molecule has 0 aromatic rings. The van der Waals surface area contributed by atoms with Crippen molar-refractivity contribution >= 4 is 11.9 Å². The number of aliphatic carboxylic acids is 1. The van der Waals surface area contributed by atoms with E-state index in [4.69, 9.17) is 5.11 Å². The van der Waals surface area contributed by atoms with Crippen molar-refractivity contribution in [3.05, 3.63) is 11.1 Å². The molecule has 0 aromatic carbocycles. The number of carbonyl (C=O) groups excluding carboxylic acids is 1. The Morgan fingerprint density at radius 3 is 2.33 bits per heavy atom. The Kier molecular flexibility index (Phi) is 8.03. The summed E-state index contributed by atoms with van der Waals surface area (Å²) in [7, 11) is 0. The molecule has 104 valence electrons. The molecule has 0 bridgehead atoms. The maximum absolute atomic E-state index is 11.8. The molecule has 18 heavy (non-hydrogen) atoms. The summed E-state index contributed by atoms with van der Waals surface area (Å²) < 4.78 is 0. The molecule has 0 spiro atoms. The molecule has 0 heterocycles. The minimum absolute atomic E-state index is 0. The van der Waals surface area contributed by atoms with Crippen molar-refractivity contribution in [1.82, 2.24) is 11.5 Å². The van der Waals surface area contributed by atoms with Gasteiger partial charge in [0.25, 0.3) is 0 Å². The van der Waals surface area contributed by atoms with E-state index >= 15 is 0 Å². The first-order chi connectivity index (χ1) is 8.16. The molecule has 1 amide bonds. The lowest BCUT2D eigenvalue weighted by Gasteiger charge is -2.17. The fourth-order valence-corrected chi connectivity index (χ4v) is 2.08. The Morgan fingerprint density at radius 1 is 1.17 bits per heavy atom. The number of carboxylic acid groups (broad SMARTS) is 1. The summed E-state index contributed by atoms with van der Waals surface area (Å²) in [4.78, 5) is 22.9. The van der Waals surface area contributed by atoms with Gasteiger partial charge in [-0.25, -0.2) is 4.79 Å². The summed E-state index contributed by atoms with van der Waals surface area (Å²) in [5, 5.41) is 11.8. The first kappa shape index (κ1) is 16.6. The zero-order valence-corrected chi connectivity index (χ0v) is 11.1. The van der Waals surface area contributed by atoms with E-state index in [0.717, 1.165) is 32.1 Å². The van der Waals surface area contributed by atoms with E-state index in [-0.39, 0.29) is 12.1 Å². The molecule has 0 fully saturated rings. The number of amides is 1. The van der Waals surface area contributed by atoms with E-state index in [1.165, 1.54) is 0 Å². The minimum Gasteiger partial charge on any atom is -0.478 e. The van der Waals surface area contributed by atoms with Crippen LogP contribution in [0.1, 0.15) is 51.9 Å². The van der Waals surface area contributed by atoms with Gasteiger partial charge in [0.2, 0.25) is 5.91 Å². The molecule has 0 saturated carbocycles. The highest BCUT2D eigenvalue weighted by Crippen LogP contribution is 2.24. The normalized spacial score (nSPS) is 14.9. The van der Waals surface area contributed by atoms with Crippen LogP contribution < -0.4 is 11.5 Å².